The first-order valence-corrected chi connectivity index (χ1v) is 5.63. The first-order chi connectivity index (χ1) is 8.00. The summed E-state index contributed by atoms with van der Waals surface area (Å²) < 4.78 is 0. The Morgan fingerprint density at radius 2 is 2.06 bits per heavy atom. The number of aliphatic hydroxyl groups is 1. The van der Waals surface area contributed by atoms with Crippen molar-refractivity contribution in [2.45, 2.75) is 31.3 Å². The molecule has 0 unspecified atom stereocenters. The van der Waals surface area contributed by atoms with Gasteiger partial charge in [0.1, 0.15) is 0 Å². The Morgan fingerprint density at radius 3 is 2.65 bits per heavy atom. The molecule has 3 N–H and O–H groups in total. The van der Waals surface area contributed by atoms with E-state index in [1.54, 1.807) is 11.9 Å². The van der Waals surface area contributed by atoms with Crippen LogP contribution in [0.5, 0.6) is 0 Å². The predicted molar refractivity (Wildman–Crippen MR) is 62.2 cm³/mol. The maximum Gasteiger partial charge on any atom is 0.342 e. The molecule has 1 aliphatic carbocycles. The number of aromatic nitrogens is 3. The Kier molecular flexibility index (Phi) is 3.01. The zero-order chi connectivity index (χ0) is 12.5. The molecule has 0 spiro atoms. The van der Waals surface area contributed by atoms with Gasteiger partial charge in [0.2, 0.25) is 5.82 Å². The fourth-order valence-corrected chi connectivity index (χ4v) is 2.31. The molecule has 7 heteroatoms. The van der Waals surface area contributed by atoms with Gasteiger partial charge in [0.25, 0.3) is 5.56 Å². The van der Waals surface area contributed by atoms with E-state index in [1.165, 1.54) is 0 Å². The van der Waals surface area contributed by atoms with Crippen LogP contribution in [-0.2, 0) is 0 Å². The minimum absolute atomic E-state index is 0.116. The summed E-state index contributed by atoms with van der Waals surface area (Å²) >= 11 is 0. The Hall–Kier alpha value is -1.63. The van der Waals surface area contributed by atoms with Gasteiger partial charge in [0, 0.05) is 13.6 Å². The summed E-state index contributed by atoms with van der Waals surface area (Å²) in [4.78, 5) is 26.0. The van der Waals surface area contributed by atoms with Crippen LogP contribution in [0, 0.1) is 0 Å². The molecular weight excluding hydrogens is 224 g/mol. The van der Waals surface area contributed by atoms with Gasteiger partial charge in [-0.1, -0.05) is 12.8 Å². The monoisotopic (exact) mass is 240 g/mol. The zero-order valence-electron chi connectivity index (χ0n) is 9.69. The zero-order valence-corrected chi connectivity index (χ0v) is 9.69. The number of nitrogens with one attached hydrogen (secondary N) is 2. The third-order valence-electron chi connectivity index (χ3n) is 3.12. The van der Waals surface area contributed by atoms with Gasteiger partial charge in [0.05, 0.1) is 5.60 Å². The highest BCUT2D eigenvalue weighted by Crippen LogP contribution is 2.30. The Labute approximate surface area is 97.5 Å². The maximum absolute atomic E-state index is 11.5. The molecule has 0 atom stereocenters. The van der Waals surface area contributed by atoms with Crippen LogP contribution in [0.25, 0.3) is 0 Å². The quantitative estimate of drug-likeness (QED) is 0.642. The lowest BCUT2D eigenvalue weighted by Gasteiger charge is -2.28. The molecule has 17 heavy (non-hydrogen) atoms. The van der Waals surface area contributed by atoms with E-state index >= 15 is 0 Å². The van der Waals surface area contributed by atoms with Crippen molar-refractivity contribution in [3.05, 3.63) is 20.8 Å². The first kappa shape index (κ1) is 11.8. The summed E-state index contributed by atoms with van der Waals surface area (Å²) in [5, 5.41) is 16.1. The van der Waals surface area contributed by atoms with E-state index in [9.17, 15) is 14.7 Å². The highest BCUT2D eigenvalue weighted by Gasteiger charge is 2.33. The Bertz CT molecular complexity index is 501. The van der Waals surface area contributed by atoms with Crippen molar-refractivity contribution >= 4 is 5.82 Å². The molecule has 94 valence electrons. The van der Waals surface area contributed by atoms with Crippen LogP contribution in [0.1, 0.15) is 25.7 Å². The van der Waals surface area contributed by atoms with Gasteiger partial charge in [-0.25, -0.2) is 9.89 Å². The van der Waals surface area contributed by atoms with E-state index in [4.69, 9.17) is 0 Å². The van der Waals surface area contributed by atoms with Gasteiger partial charge < -0.3 is 10.0 Å². The number of rotatable bonds is 3. The van der Waals surface area contributed by atoms with Gasteiger partial charge >= 0.3 is 5.69 Å². The number of hydrogen-bond donors (Lipinski definition) is 3. The van der Waals surface area contributed by atoms with Crippen molar-refractivity contribution < 1.29 is 5.11 Å². The fraction of sp³-hybridized carbons (Fsp3) is 0.700. The molecule has 0 bridgehead atoms. The second-order valence-electron chi connectivity index (χ2n) is 4.62. The van der Waals surface area contributed by atoms with Crippen molar-refractivity contribution in [3.8, 4) is 0 Å². The van der Waals surface area contributed by atoms with Crippen LogP contribution in [0.4, 0.5) is 5.82 Å². The van der Waals surface area contributed by atoms with Crippen LogP contribution in [0.3, 0.4) is 0 Å². The third kappa shape index (κ3) is 2.55. The Morgan fingerprint density at radius 1 is 1.41 bits per heavy atom. The lowest BCUT2D eigenvalue weighted by atomic mass is 10.0. The summed E-state index contributed by atoms with van der Waals surface area (Å²) in [6.45, 7) is 0.342. The molecule has 0 radical (unpaired) electrons. The van der Waals surface area contributed by atoms with Gasteiger partial charge in [-0.2, -0.15) is 0 Å². The fourth-order valence-electron chi connectivity index (χ4n) is 2.31. The average molecular weight is 240 g/mol. The van der Waals surface area contributed by atoms with Crippen LogP contribution in [0.2, 0.25) is 0 Å². The number of anilines is 1. The van der Waals surface area contributed by atoms with E-state index in [0.29, 0.717) is 6.54 Å². The highest BCUT2D eigenvalue weighted by molar-refractivity contribution is 5.33. The van der Waals surface area contributed by atoms with Crippen LogP contribution >= 0.6 is 0 Å². The smallest absolute Gasteiger partial charge is 0.342 e. The van der Waals surface area contributed by atoms with Gasteiger partial charge in [-0.3, -0.25) is 9.78 Å². The summed E-state index contributed by atoms with van der Waals surface area (Å²) in [6.07, 6.45) is 3.47. The maximum atomic E-state index is 11.5. The van der Waals surface area contributed by atoms with Crippen LogP contribution in [0.15, 0.2) is 9.59 Å². The second-order valence-corrected chi connectivity index (χ2v) is 4.62. The molecule has 0 aromatic carbocycles. The summed E-state index contributed by atoms with van der Waals surface area (Å²) in [5.41, 5.74) is -1.93. The van der Waals surface area contributed by atoms with Crippen molar-refractivity contribution in [1.82, 2.24) is 15.2 Å². The van der Waals surface area contributed by atoms with E-state index in [1.807, 2.05) is 0 Å². The first-order valence-electron chi connectivity index (χ1n) is 5.63. The van der Waals surface area contributed by atoms with Gasteiger partial charge in [-0.05, 0) is 12.8 Å². The molecule has 0 aliphatic heterocycles. The molecule has 1 heterocycles. The lowest BCUT2D eigenvalue weighted by Crippen LogP contribution is -2.42. The van der Waals surface area contributed by atoms with Crippen LogP contribution in [-0.4, -0.2) is 39.5 Å². The molecule has 2 rings (SSSR count). The second kappa shape index (κ2) is 4.33. The summed E-state index contributed by atoms with van der Waals surface area (Å²) in [6, 6.07) is 0. The largest absolute Gasteiger partial charge is 0.388 e. The number of nitrogens with zero attached hydrogens (tertiary/aromatic N) is 2. The number of likely N-dealkylation sites (N-methyl/N-ethyl adjacent to an activating group) is 1. The van der Waals surface area contributed by atoms with E-state index < -0.39 is 16.9 Å². The topological polar surface area (TPSA) is 102 Å². The molecule has 7 nitrogen and oxygen atoms in total. The van der Waals surface area contributed by atoms with Crippen molar-refractivity contribution in [1.29, 1.82) is 0 Å². The van der Waals surface area contributed by atoms with E-state index in [-0.39, 0.29) is 5.82 Å². The van der Waals surface area contributed by atoms with E-state index in [0.717, 1.165) is 25.7 Å². The van der Waals surface area contributed by atoms with Crippen LogP contribution < -0.4 is 16.1 Å². The normalized spacial score (nSPS) is 18.2. The summed E-state index contributed by atoms with van der Waals surface area (Å²) in [5.74, 6) is 0.116. The minimum Gasteiger partial charge on any atom is -0.388 e. The lowest BCUT2D eigenvalue weighted by molar-refractivity contribution is 0.0557. The minimum atomic E-state index is -0.751. The Balaban J connectivity index is 2.17. The third-order valence-corrected chi connectivity index (χ3v) is 3.12. The molecule has 1 aromatic heterocycles. The number of hydrogen-bond acceptors (Lipinski definition) is 5. The molecule has 1 aromatic rings. The molecule has 0 amide bonds. The average Bonchev–Trinajstić information content (AvgIpc) is 2.64. The molecule has 1 fully saturated rings. The molecule has 1 saturated carbocycles. The van der Waals surface area contributed by atoms with Gasteiger partial charge in [-0.15, -0.1) is 5.10 Å². The van der Waals surface area contributed by atoms with Gasteiger partial charge in [0.15, 0.2) is 0 Å². The molecule has 0 saturated heterocycles. The SMILES string of the molecule is CN(CC1(O)CCCC1)c1n[nH]c(=O)[nH]c1=O. The predicted octanol–water partition coefficient (Wildman–Crippen LogP) is -0.801. The standard InChI is InChI=1S/C10H16N4O3/c1-14(6-10(17)4-2-3-5-10)7-8(15)11-9(16)13-12-7/h17H,2-6H2,1H3,(H2,11,13,15,16). The van der Waals surface area contributed by atoms with Crippen molar-refractivity contribution in [2.24, 2.45) is 0 Å². The van der Waals surface area contributed by atoms with Crippen molar-refractivity contribution in [3.63, 3.8) is 0 Å². The van der Waals surface area contributed by atoms with E-state index in [2.05, 4.69) is 15.2 Å². The summed E-state index contributed by atoms with van der Waals surface area (Å²) in [7, 11) is 1.67. The number of H-pyrrole nitrogens is 2. The number of aromatic amines is 2. The highest BCUT2D eigenvalue weighted by atomic mass is 16.3. The van der Waals surface area contributed by atoms with Crippen molar-refractivity contribution in [2.75, 3.05) is 18.5 Å². The molecule has 1 aliphatic rings. The molecular formula is C10H16N4O3.